The summed E-state index contributed by atoms with van der Waals surface area (Å²) < 4.78 is 0.844. The number of aryl methyl sites for hydroxylation is 2. The predicted octanol–water partition coefficient (Wildman–Crippen LogP) is 5.89. The second-order valence-electron chi connectivity index (χ2n) is 7.85. The molecule has 0 bridgehead atoms. The standard InChI is InChI=1S/C25H22BrN3O/c1-16-27-23-11-10-19(14-24(23)28-16)18-9-8-17-5-4-12-29(15-20(17)13-18)25(30)21-6-2-3-7-22(21)26/h2-3,6-11,13-14H,4-5,12,15H2,1H3,(H,27,28). The largest absolute Gasteiger partial charge is 0.342 e. The van der Waals surface area contributed by atoms with Gasteiger partial charge in [-0.2, -0.15) is 0 Å². The highest BCUT2D eigenvalue weighted by Gasteiger charge is 2.22. The maximum absolute atomic E-state index is 13.2. The summed E-state index contributed by atoms with van der Waals surface area (Å²) in [6.07, 6.45) is 1.97. The zero-order chi connectivity index (χ0) is 20.7. The summed E-state index contributed by atoms with van der Waals surface area (Å²) in [6, 6.07) is 20.6. The molecular formula is C25H22BrN3O. The number of aromatic amines is 1. The van der Waals surface area contributed by atoms with Crippen LogP contribution < -0.4 is 0 Å². The van der Waals surface area contributed by atoms with E-state index in [2.05, 4.69) is 62.3 Å². The molecule has 5 heteroatoms. The molecule has 0 atom stereocenters. The van der Waals surface area contributed by atoms with Gasteiger partial charge in [0.15, 0.2) is 0 Å². The number of halogens is 1. The third-order valence-electron chi connectivity index (χ3n) is 5.77. The van der Waals surface area contributed by atoms with Crippen molar-refractivity contribution in [2.45, 2.75) is 26.3 Å². The molecule has 1 aliphatic heterocycles. The average Bonchev–Trinajstić information content (AvgIpc) is 2.99. The van der Waals surface area contributed by atoms with E-state index >= 15 is 0 Å². The van der Waals surface area contributed by atoms with Crippen LogP contribution >= 0.6 is 15.9 Å². The van der Waals surface area contributed by atoms with E-state index in [1.165, 1.54) is 11.1 Å². The molecule has 0 unspecified atom stereocenters. The van der Waals surface area contributed by atoms with Gasteiger partial charge < -0.3 is 9.88 Å². The number of nitrogens with zero attached hydrogens (tertiary/aromatic N) is 2. The normalized spacial score (nSPS) is 13.9. The molecule has 1 N–H and O–H groups in total. The molecule has 0 saturated heterocycles. The van der Waals surface area contributed by atoms with Crippen LogP contribution in [0.4, 0.5) is 0 Å². The topological polar surface area (TPSA) is 49.0 Å². The molecule has 2 heterocycles. The van der Waals surface area contributed by atoms with E-state index in [9.17, 15) is 4.79 Å². The van der Waals surface area contributed by atoms with Gasteiger partial charge in [0.25, 0.3) is 5.91 Å². The number of benzene rings is 3. The van der Waals surface area contributed by atoms with Gasteiger partial charge in [0.1, 0.15) is 5.82 Å². The van der Waals surface area contributed by atoms with Gasteiger partial charge in [-0.15, -0.1) is 0 Å². The SMILES string of the molecule is Cc1nc2ccc(-c3ccc4c(c3)CN(C(=O)c3ccccc3Br)CCC4)cc2[nH]1. The number of nitrogens with one attached hydrogen (secondary N) is 1. The van der Waals surface area contributed by atoms with Gasteiger partial charge in [-0.1, -0.05) is 30.3 Å². The van der Waals surface area contributed by atoms with Crippen molar-refractivity contribution in [3.05, 3.63) is 87.7 Å². The zero-order valence-electron chi connectivity index (χ0n) is 16.8. The van der Waals surface area contributed by atoms with Crippen LogP contribution in [0.2, 0.25) is 0 Å². The lowest BCUT2D eigenvalue weighted by Crippen LogP contribution is -2.30. The van der Waals surface area contributed by atoms with E-state index in [-0.39, 0.29) is 5.91 Å². The summed E-state index contributed by atoms with van der Waals surface area (Å²) in [6.45, 7) is 3.37. The Bertz CT molecular complexity index is 1260. The first kappa shape index (κ1) is 19.1. The van der Waals surface area contributed by atoms with Gasteiger partial charge >= 0.3 is 0 Å². The predicted molar refractivity (Wildman–Crippen MR) is 123 cm³/mol. The Morgan fingerprint density at radius 3 is 2.70 bits per heavy atom. The van der Waals surface area contributed by atoms with E-state index in [1.54, 1.807) is 0 Å². The van der Waals surface area contributed by atoms with Crippen LogP contribution in [0.1, 0.15) is 33.7 Å². The summed E-state index contributed by atoms with van der Waals surface area (Å²) in [5, 5.41) is 0. The molecule has 1 amide bonds. The number of H-pyrrole nitrogens is 1. The summed E-state index contributed by atoms with van der Waals surface area (Å²) in [5.74, 6) is 1.00. The number of rotatable bonds is 2. The minimum absolute atomic E-state index is 0.0788. The van der Waals surface area contributed by atoms with Crippen LogP contribution in [0.25, 0.3) is 22.2 Å². The molecular weight excluding hydrogens is 438 g/mol. The lowest BCUT2D eigenvalue weighted by Gasteiger charge is -2.22. The third-order valence-corrected chi connectivity index (χ3v) is 6.46. The number of carbonyl (C=O) groups is 1. The fraction of sp³-hybridized carbons (Fsp3) is 0.200. The van der Waals surface area contributed by atoms with E-state index in [0.29, 0.717) is 6.54 Å². The Morgan fingerprint density at radius 2 is 1.83 bits per heavy atom. The van der Waals surface area contributed by atoms with E-state index in [0.717, 1.165) is 57.4 Å². The van der Waals surface area contributed by atoms with Gasteiger partial charge in [0.05, 0.1) is 16.6 Å². The van der Waals surface area contributed by atoms with Gasteiger partial charge in [-0.3, -0.25) is 4.79 Å². The number of imidazole rings is 1. The molecule has 5 rings (SSSR count). The maximum Gasteiger partial charge on any atom is 0.255 e. The van der Waals surface area contributed by atoms with E-state index in [1.807, 2.05) is 36.1 Å². The molecule has 4 aromatic rings. The van der Waals surface area contributed by atoms with Crippen LogP contribution in [0.15, 0.2) is 65.1 Å². The molecule has 0 spiro atoms. The Kier molecular flexibility index (Phi) is 4.91. The van der Waals surface area contributed by atoms with Gasteiger partial charge in [-0.25, -0.2) is 4.98 Å². The number of fused-ring (bicyclic) bond motifs is 2. The average molecular weight is 460 g/mol. The molecule has 0 radical (unpaired) electrons. The Morgan fingerprint density at radius 1 is 1.03 bits per heavy atom. The molecule has 30 heavy (non-hydrogen) atoms. The smallest absolute Gasteiger partial charge is 0.255 e. The summed E-state index contributed by atoms with van der Waals surface area (Å²) in [5.41, 5.74) is 7.63. The highest BCUT2D eigenvalue weighted by molar-refractivity contribution is 9.10. The fourth-order valence-corrected chi connectivity index (χ4v) is 4.69. The zero-order valence-corrected chi connectivity index (χ0v) is 18.4. The molecule has 0 aliphatic carbocycles. The van der Waals surface area contributed by atoms with E-state index < -0.39 is 0 Å². The van der Waals surface area contributed by atoms with Crippen molar-refractivity contribution in [1.29, 1.82) is 0 Å². The van der Waals surface area contributed by atoms with Crippen LogP contribution in [0.5, 0.6) is 0 Å². The van der Waals surface area contributed by atoms with Gasteiger partial charge in [0.2, 0.25) is 0 Å². The minimum Gasteiger partial charge on any atom is -0.342 e. The second-order valence-corrected chi connectivity index (χ2v) is 8.70. The quantitative estimate of drug-likeness (QED) is 0.406. The van der Waals surface area contributed by atoms with Crippen LogP contribution in [-0.4, -0.2) is 27.3 Å². The van der Waals surface area contributed by atoms with Crippen LogP contribution in [0, 0.1) is 6.92 Å². The third kappa shape index (κ3) is 3.54. The first-order chi connectivity index (χ1) is 14.6. The Balaban J connectivity index is 1.48. The molecule has 1 aliphatic rings. The number of amides is 1. The van der Waals surface area contributed by atoms with Crippen molar-refractivity contribution >= 4 is 32.9 Å². The highest BCUT2D eigenvalue weighted by Crippen LogP contribution is 2.29. The lowest BCUT2D eigenvalue weighted by atomic mass is 9.97. The molecule has 4 nitrogen and oxygen atoms in total. The highest BCUT2D eigenvalue weighted by atomic mass is 79.9. The minimum atomic E-state index is 0.0788. The van der Waals surface area contributed by atoms with Gasteiger partial charge in [0, 0.05) is 17.6 Å². The maximum atomic E-state index is 13.2. The first-order valence-corrected chi connectivity index (χ1v) is 11.0. The molecule has 3 aromatic carbocycles. The summed E-state index contributed by atoms with van der Waals surface area (Å²) >= 11 is 3.52. The Labute approximate surface area is 184 Å². The number of hydrogen-bond acceptors (Lipinski definition) is 2. The summed E-state index contributed by atoms with van der Waals surface area (Å²) in [4.78, 5) is 23.0. The molecule has 1 aromatic heterocycles. The van der Waals surface area contributed by atoms with Crippen molar-refractivity contribution in [3.8, 4) is 11.1 Å². The van der Waals surface area contributed by atoms with E-state index in [4.69, 9.17) is 0 Å². The second kappa shape index (κ2) is 7.73. The van der Waals surface area contributed by atoms with Crippen molar-refractivity contribution in [2.75, 3.05) is 6.54 Å². The first-order valence-electron chi connectivity index (χ1n) is 10.2. The lowest BCUT2D eigenvalue weighted by molar-refractivity contribution is 0.0745. The van der Waals surface area contributed by atoms with Crippen LogP contribution in [-0.2, 0) is 13.0 Å². The monoisotopic (exact) mass is 459 g/mol. The van der Waals surface area contributed by atoms with Gasteiger partial charge in [-0.05, 0) is 88.3 Å². The Hall–Kier alpha value is -2.92. The van der Waals surface area contributed by atoms with Crippen molar-refractivity contribution in [2.24, 2.45) is 0 Å². The summed E-state index contributed by atoms with van der Waals surface area (Å²) in [7, 11) is 0. The van der Waals surface area contributed by atoms with Crippen molar-refractivity contribution < 1.29 is 4.79 Å². The molecule has 0 fully saturated rings. The van der Waals surface area contributed by atoms with Crippen molar-refractivity contribution in [3.63, 3.8) is 0 Å². The van der Waals surface area contributed by atoms with Crippen LogP contribution in [0.3, 0.4) is 0 Å². The molecule has 150 valence electrons. The fourth-order valence-electron chi connectivity index (χ4n) is 4.24. The van der Waals surface area contributed by atoms with Crippen molar-refractivity contribution in [1.82, 2.24) is 14.9 Å². The number of aromatic nitrogens is 2. The number of carbonyl (C=O) groups excluding carboxylic acids is 1. The number of hydrogen-bond donors (Lipinski definition) is 1. The molecule has 0 saturated carbocycles.